The van der Waals surface area contributed by atoms with E-state index in [1.54, 1.807) is 11.8 Å². The summed E-state index contributed by atoms with van der Waals surface area (Å²) >= 11 is 0. The molecule has 2 aliphatic rings. The maximum atomic E-state index is 15.4. The van der Waals surface area contributed by atoms with Crippen molar-refractivity contribution in [1.29, 1.82) is 0 Å². The Balaban J connectivity index is 2.07. The lowest BCUT2D eigenvalue weighted by molar-refractivity contribution is 0.515. The molecule has 0 bridgehead atoms. The summed E-state index contributed by atoms with van der Waals surface area (Å²) in [6.07, 6.45) is -1.05. The predicted octanol–water partition coefficient (Wildman–Crippen LogP) is 4.20. The summed E-state index contributed by atoms with van der Waals surface area (Å²) in [4.78, 5) is 5.26. The Labute approximate surface area is 174 Å². The first-order chi connectivity index (χ1) is 14.7. The third kappa shape index (κ3) is 2.37. The van der Waals surface area contributed by atoms with Crippen LogP contribution in [0.5, 0.6) is 0 Å². The first kappa shape index (κ1) is 19.6. The third-order valence-electron chi connectivity index (χ3n) is 5.89. The Morgan fingerprint density at radius 2 is 1.77 bits per heavy atom. The molecule has 31 heavy (non-hydrogen) atoms. The van der Waals surface area contributed by atoms with Gasteiger partial charge in [-0.2, -0.15) is 4.39 Å². The topological polar surface area (TPSA) is 21.1 Å². The Kier molecular flexibility index (Phi) is 4.00. The van der Waals surface area contributed by atoms with Gasteiger partial charge in [0.2, 0.25) is 0 Å². The van der Waals surface area contributed by atoms with Crippen molar-refractivity contribution in [3.05, 3.63) is 77.5 Å². The smallest absolute Gasteiger partial charge is 0.294 e. The van der Waals surface area contributed by atoms with Gasteiger partial charge < -0.3 is 4.90 Å². The maximum absolute atomic E-state index is 15.4. The summed E-state index contributed by atoms with van der Waals surface area (Å²) < 4.78 is 75.6. The Bertz CT molecular complexity index is 1390. The molecule has 0 amide bonds. The minimum absolute atomic E-state index is 0.0200. The minimum Gasteiger partial charge on any atom is -0.343 e. The zero-order valence-corrected chi connectivity index (χ0v) is 16.7. The lowest BCUT2D eigenvalue weighted by Gasteiger charge is -2.41. The number of likely N-dealkylation sites (N-methyl/N-ethyl adjacent to an activating group) is 1. The number of benzene rings is 2. The first-order valence-electron chi connectivity index (χ1n) is 9.59. The van der Waals surface area contributed by atoms with E-state index in [1.807, 2.05) is 0 Å². The van der Waals surface area contributed by atoms with E-state index >= 15 is 8.78 Å². The second-order valence-corrected chi connectivity index (χ2v) is 7.66. The SMILES string of the molecule is C=C(C)/C(F)=C1/B2c3c(cc(F)cc3-n3c(F)nc4cc(F)c(F)c2c43)N(CC)C1=C. The zero-order valence-electron chi connectivity index (χ0n) is 16.7. The second-order valence-electron chi connectivity index (χ2n) is 7.66. The minimum atomic E-state index is -1.25. The van der Waals surface area contributed by atoms with Gasteiger partial charge in [0.25, 0.3) is 12.8 Å². The predicted molar refractivity (Wildman–Crippen MR) is 111 cm³/mol. The van der Waals surface area contributed by atoms with Gasteiger partial charge in [-0.3, -0.25) is 4.57 Å². The van der Waals surface area contributed by atoms with Gasteiger partial charge >= 0.3 is 0 Å². The van der Waals surface area contributed by atoms with Crippen molar-refractivity contribution in [2.45, 2.75) is 13.8 Å². The van der Waals surface area contributed by atoms with E-state index in [4.69, 9.17) is 0 Å². The van der Waals surface area contributed by atoms with E-state index in [1.165, 1.54) is 13.0 Å². The van der Waals surface area contributed by atoms with Gasteiger partial charge in [0.15, 0.2) is 11.6 Å². The fourth-order valence-corrected chi connectivity index (χ4v) is 4.70. The van der Waals surface area contributed by atoms with E-state index in [-0.39, 0.29) is 56.6 Å². The molecule has 0 spiro atoms. The van der Waals surface area contributed by atoms with E-state index in [0.717, 1.165) is 16.7 Å². The molecule has 3 nitrogen and oxygen atoms in total. The lowest BCUT2D eigenvalue weighted by atomic mass is 9.32. The number of nitrogens with zero attached hydrogens (tertiary/aromatic N) is 3. The van der Waals surface area contributed by atoms with E-state index in [9.17, 15) is 13.2 Å². The van der Waals surface area contributed by atoms with Gasteiger partial charge in [0.05, 0.1) is 16.7 Å². The molecule has 9 heteroatoms. The highest BCUT2D eigenvalue weighted by Gasteiger charge is 2.46. The number of imidazole rings is 1. The standard InChI is InChI=1S/C22H15BF5N3/c1-5-30-10(4)16(19(26)9(2)3)23-17-14(30)6-11(24)7-15(17)31-21-13(29-22(31)28)8-12(25)20(27)18(21)23/h6-8H,2,4-5H2,1,3H3/b19-16-. The number of anilines is 1. The molecule has 156 valence electrons. The van der Waals surface area contributed by atoms with Crippen molar-refractivity contribution in [2.24, 2.45) is 0 Å². The van der Waals surface area contributed by atoms with Gasteiger partial charge in [0.1, 0.15) is 11.6 Å². The van der Waals surface area contributed by atoms with E-state index < -0.39 is 36.1 Å². The second kappa shape index (κ2) is 6.32. The van der Waals surface area contributed by atoms with Crippen LogP contribution in [0, 0.1) is 23.5 Å². The van der Waals surface area contributed by atoms with Crippen molar-refractivity contribution in [3.8, 4) is 5.69 Å². The van der Waals surface area contributed by atoms with Crippen molar-refractivity contribution in [1.82, 2.24) is 9.55 Å². The number of halogens is 5. The number of hydrogen-bond donors (Lipinski definition) is 0. The number of allylic oxidation sites excluding steroid dienone is 3. The molecule has 5 rings (SSSR count). The summed E-state index contributed by atoms with van der Waals surface area (Å²) in [5.41, 5.74) is 0.301. The van der Waals surface area contributed by atoms with Gasteiger partial charge in [-0.15, -0.1) is 0 Å². The summed E-state index contributed by atoms with van der Waals surface area (Å²) in [5.74, 6) is -3.89. The maximum Gasteiger partial charge on any atom is 0.294 e. The van der Waals surface area contributed by atoms with Crippen molar-refractivity contribution >= 4 is 34.4 Å². The largest absolute Gasteiger partial charge is 0.343 e. The summed E-state index contributed by atoms with van der Waals surface area (Å²) in [6, 6.07) is 3.05. The average Bonchev–Trinajstić information content (AvgIpc) is 3.03. The molecule has 0 N–H and O–H groups in total. The van der Waals surface area contributed by atoms with Crippen LogP contribution in [0.2, 0.25) is 0 Å². The number of fused-ring (bicyclic) bond motifs is 2. The van der Waals surface area contributed by atoms with Crippen LogP contribution >= 0.6 is 0 Å². The van der Waals surface area contributed by atoms with Gasteiger partial charge in [0, 0.05) is 24.0 Å². The molecule has 2 aliphatic heterocycles. The van der Waals surface area contributed by atoms with Crippen LogP contribution in [-0.4, -0.2) is 22.8 Å². The first-order valence-corrected chi connectivity index (χ1v) is 9.59. The molecule has 3 aromatic rings. The number of aromatic nitrogens is 2. The Morgan fingerprint density at radius 1 is 1.10 bits per heavy atom. The molecule has 0 radical (unpaired) electrons. The number of hydrogen-bond acceptors (Lipinski definition) is 2. The molecule has 1 aromatic heterocycles. The molecule has 0 fully saturated rings. The molecular formula is C22H15BF5N3. The molecule has 0 atom stereocenters. The Hall–Kier alpha value is -3.36. The third-order valence-corrected chi connectivity index (χ3v) is 5.89. The molecule has 0 aliphatic carbocycles. The monoisotopic (exact) mass is 427 g/mol. The van der Waals surface area contributed by atoms with E-state index in [0.29, 0.717) is 0 Å². The van der Waals surface area contributed by atoms with Crippen LogP contribution in [0.15, 0.2) is 53.9 Å². The fraction of sp³-hybridized carbons (Fsp3) is 0.136. The highest BCUT2D eigenvalue weighted by Crippen LogP contribution is 2.39. The summed E-state index contributed by atoms with van der Waals surface area (Å²) in [6.45, 7) is 9.90. The highest BCUT2D eigenvalue weighted by molar-refractivity contribution is 6.95. The molecule has 0 saturated carbocycles. The normalized spacial score (nSPS) is 16.2. The van der Waals surface area contributed by atoms with Crippen LogP contribution in [-0.2, 0) is 0 Å². The summed E-state index contributed by atoms with van der Waals surface area (Å²) in [7, 11) is 0. The van der Waals surface area contributed by atoms with Crippen LogP contribution in [0.1, 0.15) is 13.8 Å². The number of rotatable bonds is 2. The fourth-order valence-electron chi connectivity index (χ4n) is 4.70. The van der Waals surface area contributed by atoms with E-state index in [2.05, 4.69) is 18.1 Å². The van der Waals surface area contributed by atoms with Crippen LogP contribution in [0.4, 0.5) is 27.6 Å². The zero-order chi connectivity index (χ0) is 22.4. The van der Waals surface area contributed by atoms with Gasteiger partial charge in [-0.05, 0) is 48.0 Å². The average molecular weight is 427 g/mol. The molecule has 0 unspecified atom stereocenters. The van der Waals surface area contributed by atoms with Crippen molar-refractivity contribution in [3.63, 3.8) is 0 Å². The van der Waals surface area contributed by atoms with Crippen LogP contribution in [0.3, 0.4) is 0 Å². The molecule has 3 heterocycles. The quantitative estimate of drug-likeness (QED) is 0.452. The summed E-state index contributed by atoms with van der Waals surface area (Å²) in [5, 5.41) is 0. The van der Waals surface area contributed by atoms with Crippen molar-refractivity contribution < 1.29 is 22.0 Å². The molecule has 0 saturated heterocycles. The Morgan fingerprint density at radius 3 is 2.42 bits per heavy atom. The highest BCUT2D eigenvalue weighted by atomic mass is 19.2. The van der Waals surface area contributed by atoms with Crippen LogP contribution < -0.4 is 15.8 Å². The molecular weight excluding hydrogens is 412 g/mol. The molecule has 2 aromatic carbocycles. The van der Waals surface area contributed by atoms with Gasteiger partial charge in [-0.1, -0.05) is 13.2 Å². The van der Waals surface area contributed by atoms with Gasteiger partial charge in [-0.25, -0.2) is 22.5 Å². The van der Waals surface area contributed by atoms with Crippen LogP contribution in [0.25, 0.3) is 16.7 Å². The van der Waals surface area contributed by atoms with Crippen molar-refractivity contribution in [2.75, 3.05) is 11.4 Å². The lowest BCUT2D eigenvalue weighted by Crippen LogP contribution is -2.57.